The summed E-state index contributed by atoms with van der Waals surface area (Å²) >= 11 is 9.81. The van der Waals surface area contributed by atoms with E-state index in [2.05, 4.69) is 25.9 Å². The van der Waals surface area contributed by atoms with Crippen molar-refractivity contribution in [1.29, 1.82) is 0 Å². The largest absolute Gasteiger partial charge is 0.305 e. The number of hydrogen-bond acceptors (Lipinski definition) is 2. The second kappa shape index (κ2) is 6.07. The number of aryl methyl sites for hydroxylation is 1. The standard InChI is InChI=1S/C17H12BrClN2O/c1-10-5-4-7-12-15(10)20-16(21-17(12)22)14(19)9-11-6-2-3-8-13(11)18/h2-9H,1H3,(H,20,21,22)/b14-9-. The molecule has 0 atom stereocenters. The number of H-pyrrole nitrogens is 1. The molecule has 0 aliphatic carbocycles. The molecule has 0 aliphatic heterocycles. The normalized spacial score (nSPS) is 11.9. The number of hydrogen-bond donors (Lipinski definition) is 1. The fourth-order valence-electron chi connectivity index (χ4n) is 2.22. The SMILES string of the molecule is Cc1cccc2c(=O)[nH]c(/C(Cl)=C/c3ccccc3Br)nc12. The second-order valence-electron chi connectivity index (χ2n) is 4.90. The molecule has 3 rings (SSSR count). The van der Waals surface area contributed by atoms with Crippen LogP contribution in [0, 0.1) is 6.92 Å². The summed E-state index contributed by atoms with van der Waals surface area (Å²) in [6.45, 7) is 1.92. The van der Waals surface area contributed by atoms with E-state index in [-0.39, 0.29) is 5.56 Å². The highest BCUT2D eigenvalue weighted by Gasteiger charge is 2.09. The Morgan fingerprint density at radius 2 is 2.00 bits per heavy atom. The molecule has 0 saturated carbocycles. The monoisotopic (exact) mass is 374 g/mol. The van der Waals surface area contributed by atoms with Crippen LogP contribution in [0.5, 0.6) is 0 Å². The van der Waals surface area contributed by atoms with Crippen molar-refractivity contribution in [2.75, 3.05) is 0 Å². The number of aromatic amines is 1. The number of rotatable bonds is 2. The molecule has 22 heavy (non-hydrogen) atoms. The lowest BCUT2D eigenvalue weighted by molar-refractivity contribution is 1.13. The van der Waals surface area contributed by atoms with Crippen LogP contribution in [0.1, 0.15) is 17.0 Å². The third-order valence-electron chi connectivity index (χ3n) is 3.35. The van der Waals surface area contributed by atoms with Gasteiger partial charge in [-0.05, 0) is 36.3 Å². The molecule has 1 aromatic heterocycles. The number of aromatic nitrogens is 2. The van der Waals surface area contributed by atoms with Crippen molar-refractivity contribution in [2.24, 2.45) is 0 Å². The Morgan fingerprint density at radius 1 is 1.23 bits per heavy atom. The summed E-state index contributed by atoms with van der Waals surface area (Å²) in [4.78, 5) is 19.4. The van der Waals surface area contributed by atoms with Crippen LogP contribution in [0.15, 0.2) is 51.7 Å². The minimum absolute atomic E-state index is 0.192. The van der Waals surface area contributed by atoms with Crippen molar-refractivity contribution >= 4 is 49.5 Å². The zero-order valence-corrected chi connectivity index (χ0v) is 14.1. The topological polar surface area (TPSA) is 45.8 Å². The van der Waals surface area contributed by atoms with Gasteiger partial charge in [0.2, 0.25) is 0 Å². The first kappa shape index (κ1) is 15.0. The lowest BCUT2D eigenvalue weighted by atomic mass is 10.1. The number of fused-ring (bicyclic) bond motifs is 1. The predicted molar refractivity (Wildman–Crippen MR) is 95.0 cm³/mol. The van der Waals surface area contributed by atoms with Gasteiger partial charge >= 0.3 is 0 Å². The molecular formula is C17H12BrClN2O. The minimum atomic E-state index is -0.192. The summed E-state index contributed by atoms with van der Waals surface area (Å²) in [6, 6.07) is 13.2. The maximum Gasteiger partial charge on any atom is 0.259 e. The number of para-hydroxylation sites is 1. The Morgan fingerprint density at radius 3 is 2.77 bits per heavy atom. The number of benzene rings is 2. The van der Waals surface area contributed by atoms with Gasteiger partial charge in [-0.1, -0.05) is 57.9 Å². The van der Waals surface area contributed by atoms with E-state index in [1.54, 1.807) is 12.1 Å². The average Bonchev–Trinajstić information content (AvgIpc) is 2.50. The summed E-state index contributed by atoms with van der Waals surface area (Å²) in [5, 5.41) is 0.947. The van der Waals surface area contributed by atoms with Crippen molar-refractivity contribution in [3.63, 3.8) is 0 Å². The number of nitrogens with one attached hydrogen (secondary N) is 1. The second-order valence-corrected chi connectivity index (χ2v) is 6.16. The average molecular weight is 376 g/mol. The van der Waals surface area contributed by atoms with Crippen LogP contribution in [0.25, 0.3) is 22.0 Å². The molecule has 110 valence electrons. The molecule has 0 fully saturated rings. The molecule has 1 N–H and O–H groups in total. The first-order chi connectivity index (χ1) is 10.6. The van der Waals surface area contributed by atoms with Gasteiger partial charge in [0.1, 0.15) is 0 Å². The highest BCUT2D eigenvalue weighted by Crippen LogP contribution is 2.24. The molecule has 0 aliphatic rings. The van der Waals surface area contributed by atoms with Crippen LogP contribution < -0.4 is 5.56 Å². The summed E-state index contributed by atoms with van der Waals surface area (Å²) < 4.78 is 0.924. The first-order valence-corrected chi connectivity index (χ1v) is 7.85. The van der Waals surface area contributed by atoms with Gasteiger partial charge in [-0.25, -0.2) is 4.98 Å². The molecule has 0 radical (unpaired) electrons. The lowest BCUT2D eigenvalue weighted by Crippen LogP contribution is -2.11. The molecule has 3 aromatic rings. The lowest BCUT2D eigenvalue weighted by Gasteiger charge is -2.05. The maximum absolute atomic E-state index is 12.2. The number of halogens is 2. The first-order valence-electron chi connectivity index (χ1n) is 6.68. The van der Waals surface area contributed by atoms with Crippen LogP contribution >= 0.6 is 27.5 Å². The van der Waals surface area contributed by atoms with E-state index in [9.17, 15) is 4.79 Å². The quantitative estimate of drug-likeness (QED) is 0.704. The zero-order chi connectivity index (χ0) is 15.7. The predicted octanol–water partition coefficient (Wildman–Crippen LogP) is 4.73. The Bertz CT molecular complexity index is 947. The highest BCUT2D eigenvalue weighted by molar-refractivity contribution is 9.10. The zero-order valence-electron chi connectivity index (χ0n) is 11.7. The van der Waals surface area contributed by atoms with Gasteiger partial charge in [0.05, 0.1) is 15.9 Å². The van der Waals surface area contributed by atoms with E-state index in [1.807, 2.05) is 43.3 Å². The molecule has 0 spiro atoms. The Kier molecular flexibility index (Phi) is 4.14. The van der Waals surface area contributed by atoms with Crippen LogP contribution in [0.2, 0.25) is 0 Å². The van der Waals surface area contributed by atoms with E-state index in [1.165, 1.54) is 0 Å². The van der Waals surface area contributed by atoms with Crippen molar-refractivity contribution in [2.45, 2.75) is 6.92 Å². The van der Waals surface area contributed by atoms with E-state index < -0.39 is 0 Å². The van der Waals surface area contributed by atoms with E-state index in [0.717, 1.165) is 15.6 Å². The minimum Gasteiger partial charge on any atom is -0.305 e. The molecule has 3 nitrogen and oxygen atoms in total. The Labute approximate surface area is 140 Å². The van der Waals surface area contributed by atoms with Crippen molar-refractivity contribution < 1.29 is 0 Å². The molecule has 5 heteroatoms. The maximum atomic E-state index is 12.2. The van der Waals surface area contributed by atoms with Crippen molar-refractivity contribution in [1.82, 2.24) is 9.97 Å². The fourth-order valence-corrected chi connectivity index (χ4v) is 2.82. The van der Waals surface area contributed by atoms with Gasteiger partial charge < -0.3 is 4.98 Å². The summed E-state index contributed by atoms with van der Waals surface area (Å²) in [6.07, 6.45) is 1.77. The number of nitrogens with zero attached hydrogens (tertiary/aromatic N) is 1. The summed E-state index contributed by atoms with van der Waals surface area (Å²) in [5.74, 6) is 0.365. The van der Waals surface area contributed by atoms with Gasteiger partial charge in [0, 0.05) is 4.47 Å². The molecule has 0 bridgehead atoms. The Balaban J connectivity index is 2.16. The van der Waals surface area contributed by atoms with Gasteiger partial charge in [-0.3, -0.25) is 4.79 Å². The van der Waals surface area contributed by atoms with Crippen LogP contribution in [0.3, 0.4) is 0 Å². The molecule has 2 aromatic carbocycles. The van der Waals surface area contributed by atoms with E-state index in [0.29, 0.717) is 21.8 Å². The fraction of sp³-hybridized carbons (Fsp3) is 0.0588. The van der Waals surface area contributed by atoms with Crippen LogP contribution in [0.4, 0.5) is 0 Å². The third-order valence-corrected chi connectivity index (χ3v) is 4.36. The molecular weight excluding hydrogens is 364 g/mol. The molecule has 0 saturated heterocycles. The molecule has 0 amide bonds. The van der Waals surface area contributed by atoms with Crippen LogP contribution in [-0.4, -0.2) is 9.97 Å². The molecule has 1 heterocycles. The smallest absolute Gasteiger partial charge is 0.259 e. The molecule has 0 unspecified atom stereocenters. The van der Waals surface area contributed by atoms with Gasteiger partial charge in [-0.15, -0.1) is 0 Å². The highest BCUT2D eigenvalue weighted by atomic mass is 79.9. The third kappa shape index (κ3) is 2.85. The summed E-state index contributed by atoms with van der Waals surface area (Å²) in [7, 11) is 0. The van der Waals surface area contributed by atoms with Crippen LogP contribution in [-0.2, 0) is 0 Å². The van der Waals surface area contributed by atoms with E-state index >= 15 is 0 Å². The van der Waals surface area contributed by atoms with Gasteiger partial charge in [0.25, 0.3) is 5.56 Å². The van der Waals surface area contributed by atoms with Crippen molar-refractivity contribution in [3.05, 3.63) is 74.2 Å². The summed E-state index contributed by atoms with van der Waals surface area (Å²) in [5.41, 5.74) is 2.33. The van der Waals surface area contributed by atoms with Gasteiger partial charge in [0.15, 0.2) is 5.82 Å². The van der Waals surface area contributed by atoms with Gasteiger partial charge in [-0.2, -0.15) is 0 Å². The van der Waals surface area contributed by atoms with E-state index in [4.69, 9.17) is 11.6 Å². The Hall–Kier alpha value is -1.91. The van der Waals surface area contributed by atoms with Crippen molar-refractivity contribution in [3.8, 4) is 0 Å².